The van der Waals surface area contributed by atoms with Crippen LogP contribution in [0, 0.1) is 5.82 Å². The number of halogens is 1. The molecule has 250 valence electrons. The van der Waals surface area contributed by atoms with E-state index in [1.165, 1.54) is 23.9 Å². The van der Waals surface area contributed by atoms with Gasteiger partial charge in [-0.2, -0.15) is 0 Å². The molecule has 0 spiro atoms. The molecule has 3 atom stereocenters. The smallest absolute Gasteiger partial charge is 0.305 e. The minimum Gasteiger partial charge on any atom is -0.465 e. The maximum atomic E-state index is 13.7. The summed E-state index contributed by atoms with van der Waals surface area (Å²) in [7, 11) is 2.09. The number of unbranched alkanes of at least 4 members (excludes halogenated alkanes) is 2. The maximum absolute atomic E-state index is 13.7. The molecule has 4 heterocycles. The Morgan fingerprint density at radius 3 is 2.74 bits per heavy atom. The number of nitrogens with one attached hydrogen (secondary N) is 2. The number of hydrogen-bond donors (Lipinski definition) is 3. The number of imidazole rings is 1. The lowest BCUT2D eigenvalue weighted by atomic mass is 10.0. The number of aliphatic hydroxyl groups excluding tert-OH is 1. The number of ether oxygens (including phenoxy) is 3. The molecule has 3 N–H and O–H groups in total. The molecule has 10 nitrogen and oxygen atoms in total. The number of rotatable bonds is 15. The molecular formula is C34H46FN5O5S. The van der Waals surface area contributed by atoms with Gasteiger partial charge in [0.25, 0.3) is 0 Å². The van der Waals surface area contributed by atoms with Gasteiger partial charge in [-0.1, -0.05) is 18.2 Å². The van der Waals surface area contributed by atoms with Crippen LogP contribution in [0.2, 0.25) is 0 Å². The Morgan fingerprint density at radius 1 is 1.15 bits per heavy atom. The fraction of sp³-hybridized carbons (Fsp3) is 0.559. The van der Waals surface area contributed by atoms with Crippen LogP contribution < -0.4 is 5.32 Å². The van der Waals surface area contributed by atoms with E-state index in [1.807, 2.05) is 19.1 Å². The van der Waals surface area contributed by atoms with Gasteiger partial charge in [-0.3, -0.25) is 4.79 Å². The van der Waals surface area contributed by atoms with Crippen molar-refractivity contribution >= 4 is 23.5 Å². The fourth-order valence-corrected chi connectivity index (χ4v) is 6.66. The Hall–Kier alpha value is -3.03. The zero-order valence-electron chi connectivity index (χ0n) is 26.8. The molecule has 0 bridgehead atoms. The highest BCUT2D eigenvalue weighted by atomic mass is 32.2. The number of nitrogens with zero attached hydrogens (tertiary/aromatic N) is 3. The van der Waals surface area contributed by atoms with E-state index in [0.29, 0.717) is 35.8 Å². The van der Waals surface area contributed by atoms with Gasteiger partial charge in [-0.25, -0.2) is 14.4 Å². The summed E-state index contributed by atoms with van der Waals surface area (Å²) >= 11 is 1.48. The molecular weight excluding hydrogens is 609 g/mol. The summed E-state index contributed by atoms with van der Waals surface area (Å²) < 4.78 is 30.1. The van der Waals surface area contributed by atoms with E-state index in [9.17, 15) is 14.3 Å². The van der Waals surface area contributed by atoms with Crippen molar-refractivity contribution < 1.29 is 28.5 Å². The summed E-state index contributed by atoms with van der Waals surface area (Å²) in [4.78, 5) is 27.4. The third-order valence-electron chi connectivity index (χ3n) is 8.49. The third kappa shape index (κ3) is 10.2. The first-order valence-corrected chi connectivity index (χ1v) is 17.3. The molecule has 1 unspecified atom stereocenters. The highest BCUT2D eigenvalue weighted by molar-refractivity contribution is 7.99. The molecule has 2 aliphatic heterocycles. The standard InChI is InChI=1S/C34H46FN5O5S/c1-23-20-28(22-31(42)45-23)40(2)15-5-3-4-6-30(41)44-18-19-46-34-38-32(24-7-9-26(35)10-8-24)33(39-34)25-11-14-36-29(21-25)37-27-12-16-43-17-13-27/h7-11,14,21,23,27-28,31,42H,3-6,12-13,15-20,22H2,1-2H3,(H,36,37)(H,38,39)/t23-,28?,31-/m1/s1. The molecule has 3 aromatic rings. The Bertz CT molecular complexity index is 1380. The lowest BCUT2D eigenvalue weighted by Crippen LogP contribution is -2.43. The molecule has 2 aromatic heterocycles. The van der Waals surface area contributed by atoms with Crippen molar-refractivity contribution in [3.05, 3.63) is 48.4 Å². The first-order valence-electron chi connectivity index (χ1n) is 16.3. The monoisotopic (exact) mass is 655 g/mol. The zero-order valence-corrected chi connectivity index (χ0v) is 27.6. The molecule has 46 heavy (non-hydrogen) atoms. The number of carbonyl (C=O) groups excluding carboxylic acids is 1. The Kier molecular flexibility index (Phi) is 12.8. The number of esters is 1. The van der Waals surface area contributed by atoms with Crippen LogP contribution in [0.1, 0.15) is 58.3 Å². The molecule has 0 radical (unpaired) electrons. The molecule has 2 fully saturated rings. The fourth-order valence-electron chi connectivity index (χ4n) is 5.97. The number of H-pyrrole nitrogens is 1. The number of hydrogen-bond acceptors (Lipinski definition) is 10. The maximum Gasteiger partial charge on any atom is 0.305 e. The minimum atomic E-state index is -0.685. The third-order valence-corrected chi connectivity index (χ3v) is 9.33. The van der Waals surface area contributed by atoms with E-state index >= 15 is 0 Å². The SMILES string of the molecule is C[C@@H]1CC(N(C)CCCCCC(=O)OCCSc2nc(-c3ccnc(NC4CCOCC4)c3)c(-c3ccc(F)cc3)[nH]2)C[C@H](O)O1. The van der Waals surface area contributed by atoms with Gasteiger partial charge in [0.05, 0.1) is 17.5 Å². The van der Waals surface area contributed by atoms with Gasteiger partial charge in [0.2, 0.25) is 0 Å². The van der Waals surface area contributed by atoms with Crippen LogP contribution in [-0.4, -0.2) is 94.6 Å². The predicted octanol–water partition coefficient (Wildman–Crippen LogP) is 5.88. The summed E-state index contributed by atoms with van der Waals surface area (Å²) in [6, 6.07) is 10.9. The zero-order chi connectivity index (χ0) is 32.3. The summed E-state index contributed by atoms with van der Waals surface area (Å²) in [6.07, 6.45) is 7.68. The number of aromatic nitrogens is 3. The van der Waals surface area contributed by atoms with Crippen LogP contribution in [-0.2, 0) is 19.0 Å². The number of benzene rings is 1. The number of carbonyl (C=O) groups is 1. The summed E-state index contributed by atoms with van der Waals surface area (Å²) in [5, 5.41) is 14.1. The van der Waals surface area contributed by atoms with Crippen molar-refractivity contribution in [3.63, 3.8) is 0 Å². The van der Waals surface area contributed by atoms with Crippen molar-refractivity contribution in [1.29, 1.82) is 0 Å². The molecule has 0 aliphatic carbocycles. The Balaban J connectivity index is 1.09. The Morgan fingerprint density at radius 2 is 1.96 bits per heavy atom. The molecule has 2 aliphatic rings. The van der Waals surface area contributed by atoms with E-state index < -0.39 is 6.29 Å². The number of pyridine rings is 1. The number of anilines is 1. The average molecular weight is 656 g/mol. The van der Waals surface area contributed by atoms with Crippen LogP contribution in [0.3, 0.4) is 0 Å². The number of thioether (sulfide) groups is 1. The molecule has 1 aromatic carbocycles. The lowest BCUT2D eigenvalue weighted by molar-refractivity contribution is -0.173. The van der Waals surface area contributed by atoms with Crippen LogP contribution in [0.25, 0.3) is 22.5 Å². The second-order valence-corrected chi connectivity index (χ2v) is 13.2. The minimum absolute atomic E-state index is 0.0650. The van der Waals surface area contributed by atoms with Gasteiger partial charge in [-0.15, -0.1) is 0 Å². The summed E-state index contributed by atoms with van der Waals surface area (Å²) in [5.41, 5.74) is 3.25. The summed E-state index contributed by atoms with van der Waals surface area (Å²) in [6.45, 7) is 4.68. The van der Waals surface area contributed by atoms with E-state index in [0.717, 1.165) is 86.6 Å². The largest absolute Gasteiger partial charge is 0.465 e. The van der Waals surface area contributed by atoms with Gasteiger partial charge in [0, 0.05) is 61.2 Å². The molecule has 0 saturated carbocycles. The van der Waals surface area contributed by atoms with Gasteiger partial charge in [0.15, 0.2) is 11.4 Å². The highest BCUT2D eigenvalue weighted by Gasteiger charge is 2.28. The van der Waals surface area contributed by atoms with Crippen molar-refractivity contribution in [3.8, 4) is 22.5 Å². The second-order valence-electron chi connectivity index (χ2n) is 12.1. The van der Waals surface area contributed by atoms with Crippen LogP contribution >= 0.6 is 11.8 Å². The van der Waals surface area contributed by atoms with Crippen molar-refractivity contribution in [2.45, 2.75) is 87.9 Å². The Labute approximate surface area is 274 Å². The first kappa shape index (κ1) is 34.3. The second kappa shape index (κ2) is 17.2. The number of aliphatic hydroxyl groups is 1. The van der Waals surface area contributed by atoms with E-state index in [-0.39, 0.29) is 24.5 Å². The topological polar surface area (TPSA) is 122 Å². The highest BCUT2D eigenvalue weighted by Crippen LogP contribution is 2.34. The van der Waals surface area contributed by atoms with Crippen LogP contribution in [0.4, 0.5) is 10.2 Å². The first-order chi connectivity index (χ1) is 22.3. The molecule has 2 saturated heterocycles. The average Bonchev–Trinajstić information content (AvgIpc) is 3.47. The lowest BCUT2D eigenvalue weighted by Gasteiger charge is -2.36. The van der Waals surface area contributed by atoms with Crippen molar-refractivity contribution in [1.82, 2.24) is 19.9 Å². The van der Waals surface area contributed by atoms with E-state index in [2.05, 4.69) is 27.2 Å². The molecule has 5 rings (SSSR count). The molecule has 12 heteroatoms. The number of aromatic amines is 1. The van der Waals surface area contributed by atoms with Gasteiger partial charge < -0.3 is 34.5 Å². The predicted molar refractivity (Wildman–Crippen MR) is 177 cm³/mol. The van der Waals surface area contributed by atoms with Crippen molar-refractivity contribution in [2.24, 2.45) is 0 Å². The van der Waals surface area contributed by atoms with Gasteiger partial charge >= 0.3 is 5.97 Å². The summed E-state index contributed by atoms with van der Waals surface area (Å²) in [5.74, 6) is 0.836. The van der Waals surface area contributed by atoms with Gasteiger partial charge in [0.1, 0.15) is 18.2 Å². The van der Waals surface area contributed by atoms with Crippen LogP contribution in [0.15, 0.2) is 47.8 Å². The van der Waals surface area contributed by atoms with Gasteiger partial charge in [-0.05, 0) is 89.0 Å². The normalized spacial score (nSPS) is 20.6. The van der Waals surface area contributed by atoms with E-state index in [4.69, 9.17) is 19.2 Å². The van der Waals surface area contributed by atoms with Crippen LogP contribution in [0.5, 0.6) is 0 Å². The van der Waals surface area contributed by atoms with E-state index in [1.54, 1.807) is 18.3 Å². The molecule has 0 amide bonds. The quantitative estimate of drug-likeness (QED) is 0.104. The van der Waals surface area contributed by atoms with Crippen molar-refractivity contribution in [2.75, 3.05) is 44.5 Å².